The number of rotatable bonds is 8. The third-order valence-corrected chi connectivity index (χ3v) is 5.26. The molecular weight excluding hydrogens is 282 g/mol. The maximum atomic E-state index is 6.47. The Kier molecular flexibility index (Phi) is 6.56. The molecule has 0 aromatic carbocycles. The highest BCUT2D eigenvalue weighted by Gasteiger charge is 2.25. The van der Waals surface area contributed by atoms with Crippen LogP contribution in [0.25, 0.3) is 0 Å². The number of nitrogens with one attached hydrogen (secondary N) is 1. The van der Waals surface area contributed by atoms with Crippen molar-refractivity contribution in [2.24, 2.45) is 13.0 Å². The number of nitrogens with zero attached hydrogens (tertiary/aromatic N) is 2. The molecule has 0 saturated heterocycles. The largest absolute Gasteiger partial charge is 0.314 e. The molecule has 1 aromatic heterocycles. The first-order valence-corrected chi connectivity index (χ1v) is 8.98. The average Bonchev–Trinajstić information content (AvgIpc) is 3.09. The predicted octanol–water partition coefficient (Wildman–Crippen LogP) is 4.13. The van der Waals surface area contributed by atoms with Crippen LogP contribution in [-0.2, 0) is 19.9 Å². The molecule has 1 saturated carbocycles. The van der Waals surface area contributed by atoms with Gasteiger partial charge in [-0.25, -0.2) is 0 Å². The Morgan fingerprint density at radius 2 is 2.05 bits per heavy atom. The molecule has 0 aliphatic heterocycles. The van der Waals surface area contributed by atoms with Gasteiger partial charge >= 0.3 is 0 Å². The summed E-state index contributed by atoms with van der Waals surface area (Å²) >= 11 is 6.47. The van der Waals surface area contributed by atoms with Crippen molar-refractivity contribution >= 4 is 11.6 Å². The van der Waals surface area contributed by atoms with Crippen molar-refractivity contribution in [2.45, 2.75) is 71.3 Å². The smallest absolute Gasteiger partial charge is 0.0849 e. The molecule has 1 N–H and O–H groups in total. The molecule has 0 amide bonds. The second-order valence-electron chi connectivity index (χ2n) is 6.33. The van der Waals surface area contributed by atoms with Crippen molar-refractivity contribution in [3.63, 3.8) is 0 Å². The summed E-state index contributed by atoms with van der Waals surface area (Å²) in [6, 6.07) is 0.642. The van der Waals surface area contributed by atoms with Gasteiger partial charge in [0.25, 0.3) is 0 Å². The van der Waals surface area contributed by atoms with E-state index in [2.05, 4.69) is 24.3 Å². The molecule has 0 spiro atoms. The van der Waals surface area contributed by atoms with Crippen LogP contribution in [0.5, 0.6) is 0 Å². The van der Waals surface area contributed by atoms with E-state index >= 15 is 0 Å². The molecule has 1 heterocycles. The highest BCUT2D eigenvalue weighted by molar-refractivity contribution is 6.31. The first-order valence-electron chi connectivity index (χ1n) is 8.61. The zero-order valence-corrected chi connectivity index (χ0v) is 14.5. The van der Waals surface area contributed by atoms with Crippen molar-refractivity contribution < 1.29 is 0 Å². The van der Waals surface area contributed by atoms with Crippen molar-refractivity contribution in [2.75, 3.05) is 6.54 Å². The average molecular weight is 312 g/mol. The fraction of sp³-hybridized carbons (Fsp3) is 0.824. The first kappa shape index (κ1) is 16.8. The quantitative estimate of drug-likeness (QED) is 0.782. The zero-order valence-electron chi connectivity index (χ0n) is 13.8. The summed E-state index contributed by atoms with van der Waals surface area (Å²) in [5, 5.41) is 9.19. The Morgan fingerprint density at radius 3 is 2.62 bits per heavy atom. The van der Waals surface area contributed by atoms with Gasteiger partial charge in [0.2, 0.25) is 0 Å². The van der Waals surface area contributed by atoms with Gasteiger partial charge in [0.15, 0.2) is 0 Å². The van der Waals surface area contributed by atoms with Gasteiger partial charge in [-0.3, -0.25) is 4.68 Å². The fourth-order valence-corrected chi connectivity index (χ4v) is 3.97. The van der Waals surface area contributed by atoms with E-state index in [1.807, 2.05) is 11.7 Å². The van der Waals surface area contributed by atoms with E-state index in [0.717, 1.165) is 36.0 Å². The number of aryl methyl sites for hydroxylation is 2. The molecule has 2 rings (SSSR count). The molecule has 1 aliphatic rings. The van der Waals surface area contributed by atoms with Crippen molar-refractivity contribution in [1.82, 2.24) is 15.1 Å². The van der Waals surface area contributed by atoms with E-state index < -0.39 is 0 Å². The van der Waals surface area contributed by atoms with E-state index in [-0.39, 0.29) is 0 Å². The molecule has 0 bridgehead atoms. The molecule has 1 aliphatic carbocycles. The summed E-state index contributed by atoms with van der Waals surface area (Å²) in [7, 11) is 2.02. The Balaban J connectivity index is 1.98. The second kappa shape index (κ2) is 8.19. The van der Waals surface area contributed by atoms with Crippen LogP contribution in [0.4, 0.5) is 0 Å². The molecule has 3 nitrogen and oxygen atoms in total. The van der Waals surface area contributed by atoms with E-state index in [1.54, 1.807) is 0 Å². The maximum absolute atomic E-state index is 6.47. The lowest BCUT2D eigenvalue weighted by atomic mass is 9.93. The SMILES string of the molecule is CCCNC(CCc1c(Cl)c(CC)nn1C)C1CCCC1. The van der Waals surface area contributed by atoms with Crippen LogP contribution in [0.1, 0.15) is 63.8 Å². The van der Waals surface area contributed by atoms with Gasteiger partial charge in [-0.05, 0) is 51.0 Å². The van der Waals surface area contributed by atoms with E-state index in [0.29, 0.717) is 6.04 Å². The van der Waals surface area contributed by atoms with Crippen LogP contribution >= 0.6 is 11.6 Å². The Bertz CT molecular complexity index is 435. The van der Waals surface area contributed by atoms with Crippen LogP contribution in [0, 0.1) is 5.92 Å². The third kappa shape index (κ3) is 4.23. The second-order valence-corrected chi connectivity index (χ2v) is 6.71. The maximum Gasteiger partial charge on any atom is 0.0849 e. The van der Waals surface area contributed by atoms with Crippen LogP contribution in [0.2, 0.25) is 5.02 Å². The molecule has 120 valence electrons. The molecule has 1 unspecified atom stereocenters. The van der Waals surface area contributed by atoms with E-state index in [1.165, 1.54) is 44.2 Å². The monoisotopic (exact) mass is 311 g/mol. The minimum atomic E-state index is 0.642. The first-order chi connectivity index (χ1) is 10.2. The molecular formula is C17H30ClN3. The summed E-state index contributed by atoms with van der Waals surface area (Å²) in [4.78, 5) is 0. The van der Waals surface area contributed by atoms with Gasteiger partial charge in [-0.1, -0.05) is 38.3 Å². The van der Waals surface area contributed by atoms with Crippen LogP contribution < -0.4 is 5.32 Å². The molecule has 1 atom stereocenters. The minimum Gasteiger partial charge on any atom is -0.314 e. The Hall–Kier alpha value is -0.540. The molecule has 4 heteroatoms. The van der Waals surface area contributed by atoms with Gasteiger partial charge < -0.3 is 5.32 Å². The lowest BCUT2D eigenvalue weighted by Crippen LogP contribution is -2.36. The highest BCUT2D eigenvalue weighted by atomic mass is 35.5. The Morgan fingerprint density at radius 1 is 1.33 bits per heavy atom. The van der Waals surface area contributed by atoms with Gasteiger partial charge in [0, 0.05) is 13.1 Å². The predicted molar refractivity (Wildman–Crippen MR) is 90.0 cm³/mol. The summed E-state index contributed by atoms with van der Waals surface area (Å²) in [5.74, 6) is 0.856. The standard InChI is InChI=1S/C17H30ClN3/c1-4-12-19-15(13-8-6-7-9-13)10-11-16-17(18)14(5-2)20-21(16)3/h13,15,19H,4-12H2,1-3H3. The molecule has 1 aromatic rings. The molecule has 21 heavy (non-hydrogen) atoms. The summed E-state index contributed by atoms with van der Waals surface area (Å²) in [6.45, 7) is 5.48. The van der Waals surface area contributed by atoms with E-state index in [4.69, 9.17) is 11.6 Å². The zero-order chi connectivity index (χ0) is 15.2. The third-order valence-electron chi connectivity index (χ3n) is 4.82. The van der Waals surface area contributed by atoms with Crippen LogP contribution in [0.3, 0.4) is 0 Å². The molecule has 0 radical (unpaired) electrons. The topological polar surface area (TPSA) is 29.9 Å². The lowest BCUT2D eigenvalue weighted by molar-refractivity contribution is 0.339. The summed E-state index contributed by atoms with van der Waals surface area (Å²) in [5.41, 5.74) is 2.24. The normalized spacial score (nSPS) is 17.5. The lowest BCUT2D eigenvalue weighted by Gasteiger charge is -2.25. The van der Waals surface area contributed by atoms with Crippen LogP contribution in [0.15, 0.2) is 0 Å². The van der Waals surface area contributed by atoms with Crippen molar-refractivity contribution in [3.05, 3.63) is 16.4 Å². The Labute approximate surface area is 134 Å². The minimum absolute atomic E-state index is 0.642. The van der Waals surface area contributed by atoms with E-state index in [9.17, 15) is 0 Å². The van der Waals surface area contributed by atoms with Gasteiger partial charge in [0.05, 0.1) is 16.4 Å². The number of aromatic nitrogens is 2. The van der Waals surface area contributed by atoms with Crippen LogP contribution in [-0.4, -0.2) is 22.4 Å². The van der Waals surface area contributed by atoms with Crippen molar-refractivity contribution in [3.8, 4) is 0 Å². The van der Waals surface area contributed by atoms with Gasteiger partial charge in [-0.2, -0.15) is 5.10 Å². The van der Waals surface area contributed by atoms with Gasteiger partial charge in [0.1, 0.15) is 0 Å². The molecule has 1 fully saturated rings. The highest BCUT2D eigenvalue weighted by Crippen LogP contribution is 2.30. The fourth-order valence-electron chi connectivity index (χ4n) is 3.58. The summed E-state index contributed by atoms with van der Waals surface area (Å²) < 4.78 is 1.98. The van der Waals surface area contributed by atoms with Gasteiger partial charge in [-0.15, -0.1) is 0 Å². The summed E-state index contributed by atoms with van der Waals surface area (Å²) in [6.07, 6.45) is 9.90. The van der Waals surface area contributed by atoms with Crippen molar-refractivity contribution in [1.29, 1.82) is 0 Å². The number of halogens is 1. The number of hydrogen-bond donors (Lipinski definition) is 1. The number of hydrogen-bond acceptors (Lipinski definition) is 2.